The number of aliphatic hydroxyl groups is 1. The number of carbonyl (C=O) groups excluding carboxylic acids is 2. The number of carbonyl (C=O) groups is 2. The molecule has 0 aliphatic carbocycles. The van der Waals surface area contributed by atoms with E-state index in [1.807, 2.05) is 5.51 Å². The molecule has 1 aromatic carbocycles. The average Bonchev–Trinajstić information content (AvgIpc) is 3.20. The minimum absolute atomic E-state index is 0.0557. The van der Waals surface area contributed by atoms with Gasteiger partial charge < -0.3 is 10.4 Å². The molecule has 26 heavy (non-hydrogen) atoms. The lowest BCUT2D eigenvalue weighted by Crippen LogP contribution is -2.55. The zero-order valence-corrected chi connectivity index (χ0v) is 15.5. The number of urea groups is 1. The first-order valence-corrected chi connectivity index (χ1v) is 9.74. The molecule has 2 aliphatic rings. The number of aliphatic hydroxyl groups excluding tert-OH is 1. The van der Waals surface area contributed by atoms with E-state index in [1.54, 1.807) is 11.3 Å². The van der Waals surface area contributed by atoms with Crippen molar-refractivity contribution in [3.05, 3.63) is 29.3 Å². The van der Waals surface area contributed by atoms with Crippen molar-refractivity contribution in [3.8, 4) is 0 Å². The second-order valence-electron chi connectivity index (χ2n) is 6.98. The number of thiazole rings is 1. The highest BCUT2D eigenvalue weighted by molar-refractivity contribution is 7.16. The number of rotatable bonds is 4. The molecule has 1 atom stereocenters. The molecule has 4 rings (SSSR count). The molecule has 3 heterocycles. The molecule has 0 saturated carbocycles. The smallest absolute Gasteiger partial charge is 0.325 e. The van der Waals surface area contributed by atoms with Gasteiger partial charge in [0.2, 0.25) is 0 Å². The normalized spacial score (nSPS) is 21.5. The summed E-state index contributed by atoms with van der Waals surface area (Å²) in [6, 6.07) is 6.21. The van der Waals surface area contributed by atoms with Crippen molar-refractivity contribution in [2.24, 2.45) is 0 Å². The van der Waals surface area contributed by atoms with Gasteiger partial charge in [-0.1, -0.05) is 6.07 Å². The third kappa shape index (κ3) is 2.78. The van der Waals surface area contributed by atoms with Crippen LogP contribution < -0.4 is 5.32 Å². The van der Waals surface area contributed by atoms with Crippen LogP contribution in [0.15, 0.2) is 23.7 Å². The fourth-order valence-electron chi connectivity index (χ4n) is 3.96. The number of piperidine rings is 1. The van der Waals surface area contributed by atoms with Gasteiger partial charge in [0.1, 0.15) is 5.54 Å². The highest BCUT2D eigenvalue weighted by Gasteiger charge is 2.52. The van der Waals surface area contributed by atoms with Crippen molar-refractivity contribution in [2.75, 3.05) is 26.2 Å². The van der Waals surface area contributed by atoms with Gasteiger partial charge in [-0.15, -0.1) is 11.3 Å². The Bertz CT molecular complexity index is 844. The lowest BCUT2D eigenvalue weighted by Gasteiger charge is -2.40. The molecule has 138 valence electrons. The van der Waals surface area contributed by atoms with E-state index in [0.717, 1.165) is 23.5 Å². The Morgan fingerprint density at radius 1 is 1.35 bits per heavy atom. The Morgan fingerprint density at radius 3 is 2.85 bits per heavy atom. The van der Waals surface area contributed by atoms with Gasteiger partial charge >= 0.3 is 6.03 Å². The molecule has 0 radical (unpaired) electrons. The number of hydrogen-bond donors (Lipinski definition) is 2. The molecule has 2 fully saturated rings. The lowest BCUT2D eigenvalue weighted by atomic mass is 9.86. The van der Waals surface area contributed by atoms with Crippen molar-refractivity contribution < 1.29 is 14.7 Å². The van der Waals surface area contributed by atoms with Crippen LogP contribution in [0.3, 0.4) is 0 Å². The summed E-state index contributed by atoms with van der Waals surface area (Å²) < 4.78 is 1.18. The average molecular weight is 374 g/mol. The molecule has 1 aromatic heterocycles. The second kappa shape index (κ2) is 6.61. The van der Waals surface area contributed by atoms with Crippen LogP contribution in [-0.2, 0) is 4.79 Å². The summed E-state index contributed by atoms with van der Waals surface area (Å²) in [4.78, 5) is 32.6. The zero-order chi connectivity index (χ0) is 18.3. The Labute approximate surface area is 155 Å². The minimum atomic E-state index is -0.804. The predicted molar refractivity (Wildman–Crippen MR) is 98.9 cm³/mol. The quantitative estimate of drug-likeness (QED) is 0.796. The summed E-state index contributed by atoms with van der Waals surface area (Å²) >= 11 is 1.64. The van der Waals surface area contributed by atoms with Crippen molar-refractivity contribution in [1.82, 2.24) is 20.1 Å². The molecular weight excluding hydrogens is 352 g/mol. The maximum atomic E-state index is 12.7. The first-order chi connectivity index (χ1) is 12.5. The zero-order valence-electron chi connectivity index (χ0n) is 14.6. The van der Waals surface area contributed by atoms with Gasteiger partial charge in [0.15, 0.2) is 0 Å². The number of aromatic nitrogens is 1. The first kappa shape index (κ1) is 17.4. The molecule has 2 saturated heterocycles. The van der Waals surface area contributed by atoms with Crippen LogP contribution in [0.25, 0.3) is 10.2 Å². The van der Waals surface area contributed by atoms with E-state index in [1.165, 1.54) is 10.3 Å². The van der Waals surface area contributed by atoms with Crippen LogP contribution in [0.1, 0.15) is 31.4 Å². The summed E-state index contributed by atoms with van der Waals surface area (Å²) in [5, 5.41) is 11.9. The van der Waals surface area contributed by atoms with Gasteiger partial charge in [-0.2, -0.15) is 0 Å². The molecule has 7 nitrogen and oxygen atoms in total. The molecule has 3 amide bonds. The van der Waals surface area contributed by atoms with Crippen LogP contribution in [0.4, 0.5) is 4.79 Å². The standard InChI is InChI=1S/C18H22N4O3S/c1-12(13-2-3-15-14(10-13)19-11-26-15)21-6-4-18(5-7-21)16(24)22(8-9-23)17(25)20-18/h2-3,10-12,23H,4-9H2,1H3,(H,20,25). The molecule has 2 N–H and O–H groups in total. The largest absolute Gasteiger partial charge is 0.395 e. The minimum Gasteiger partial charge on any atom is -0.395 e. The molecule has 8 heteroatoms. The number of benzene rings is 1. The Hall–Kier alpha value is -2.03. The third-order valence-electron chi connectivity index (χ3n) is 5.61. The molecule has 2 aliphatic heterocycles. The Kier molecular flexibility index (Phi) is 4.42. The number of hydrogen-bond acceptors (Lipinski definition) is 6. The summed E-state index contributed by atoms with van der Waals surface area (Å²) in [5.74, 6) is -0.201. The maximum absolute atomic E-state index is 12.7. The van der Waals surface area contributed by atoms with E-state index in [0.29, 0.717) is 12.8 Å². The van der Waals surface area contributed by atoms with Crippen LogP contribution in [0.5, 0.6) is 0 Å². The maximum Gasteiger partial charge on any atom is 0.325 e. The predicted octanol–water partition coefficient (Wildman–Crippen LogP) is 1.74. The highest BCUT2D eigenvalue weighted by atomic mass is 32.1. The van der Waals surface area contributed by atoms with E-state index < -0.39 is 5.54 Å². The topological polar surface area (TPSA) is 85.8 Å². The number of β-amino-alcohol motifs (C(OH)–C–C–N with tert-alkyl or cyclic N) is 1. The summed E-state index contributed by atoms with van der Waals surface area (Å²) in [7, 11) is 0. The number of amides is 3. The molecular formula is C18H22N4O3S. The van der Waals surface area contributed by atoms with Crippen LogP contribution >= 0.6 is 11.3 Å². The third-order valence-corrected chi connectivity index (χ3v) is 6.42. The van der Waals surface area contributed by atoms with Gasteiger partial charge in [-0.3, -0.25) is 14.6 Å². The van der Waals surface area contributed by atoms with E-state index in [4.69, 9.17) is 5.11 Å². The fourth-order valence-corrected chi connectivity index (χ4v) is 4.62. The monoisotopic (exact) mass is 374 g/mol. The van der Waals surface area contributed by atoms with Crippen LogP contribution in [-0.4, -0.2) is 63.6 Å². The number of fused-ring (bicyclic) bond motifs is 1. The lowest BCUT2D eigenvalue weighted by molar-refractivity contribution is -0.133. The van der Waals surface area contributed by atoms with Gasteiger partial charge in [-0.05, 0) is 37.5 Å². The van der Waals surface area contributed by atoms with Gasteiger partial charge in [0.05, 0.1) is 28.9 Å². The molecule has 0 bridgehead atoms. The van der Waals surface area contributed by atoms with Crippen molar-refractivity contribution in [2.45, 2.75) is 31.3 Å². The van der Waals surface area contributed by atoms with Gasteiger partial charge in [-0.25, -0.2) is 9.78 Å². The van der Waals surface area contributed by atoms with Crippen LogP contribution in [0.2, 0.25) is 0 Å². The Morgan fingerprint density at radius 2 is 2.12 bits per heavy atom. The van der Waals surface area contributed by atoms with Gasteiger partial charge in [0, 0.05) is 19.1 Å². The van der Waals surface area contributed by atoms with E-state index in [9.17, 15) is 9.59 Å². The SMILES string of the molecule is CC(c1ccc2scnc2c1)N1CCC2(CC1)NC(=O)N(CCO)C2=O. The van der Waals surface area contributed by atoms with E-state index in [2.05, 4.69) is 40.3 Å². The Balaban J connectivity index is 1.46. The summed E-state index contributed by atoms with van der Waals surface area (Å²) in [6.07, 6.45) is 1.17. The van der Waals surface area contributed by atoms with Gasteiger partial charge in [0.25, 0.3) is 5.91 Å². The van der Waals surface area contributed by atoms with Crippen LogP contribution in [0, 0.1) is 0 Å². The van der Waals surface area contributed by atoms with Crippen molar-refractivity contribution >= 4 is 33.5 Å². The van der Waals surface area contributed by atoms with E-state index >= 15 is 0 Å². The molecule has 1 spiro atoms. The highest BCUT2D eigenvalue weighted by Crippen LogP contribution is 2.33. The van der Waals surface area contributed by atoms with Crippen molar-refractivity contribution in [1.29, 1.82) is 0 Å². The molecule has 1 unspecified atom stereocenters. The summed E-state index contributed by atoms with van der Waals surface area (Å²) in [6.45, 7) is 3.47. The second-order valence-corrected chi connectivity index (χ2v) is 7.87. The first-order valence-electron chi connectivity index (χ1n) is 8.86. The summed E-state index contributed by atoms with van der Waals surface area (Å²) in [5.41, 5.74) is 3.28. The fraction of sp³-hybridized carbons (Fsp3) is 0.500. The van der Waals surface area contributed by atoms with E-state index in [-0.39, 0.29) is 31.1 Å². The number of imide groups is 1. The number of nitrogens with zero attached hydrogens (tertiary/aromatic N) is 3. The van der Waals surface area contributed by atoms with Crippen molar-refractivity contribution in [3.63, 3.8) is 0 Å². The number of likely N-dealkylation sites (tertiary alicyclic amines) is 1. The molecule has 2 aromatic rings. The number of nitrogens with one attached hydrogen (secondary N) is 1.